The van der Waals surface area contributed by atoms with Gasteiger partial charge < -0.3 is 4.90 Å². The number of benzene rings is 8. The molecule has 8 aromatic rings. The van der Waals surface area contributed by atoms with Gasteiger partial charge in [-0.25, -0.2) is 0 Å². The van der Waals surface area contributed by atoms with Crippen molar-refractivity contribution in [3.05, 3.63) is 211 Å². The van der Waals surface area contributed by atoms with E-state index in [1.807, 2.05) is 0 Å². The van der Waals surface area contributed by atoms with Crippen LogP contribution in [0.5, 0.6) is 0 Å². The molecule has 0 unspecified atom stereocenters. The van der Waals surface area contributed by atoms with Gasteiger partial charge in [-0.2, -0.15) is 0 Å². The van der Waals surface area contributed by atoms with Gasteiger partial charge >= 0.3 is 0 Å². The quantitative estimate of drug-likeness (QED) is 0.148. The van der Waals surface area contributed by atoms with Crippen molar-refractivity contribution in [1.82, 2.24) is 0 Å². The van der Waals surface area contributed by atoms with Gasteiger partial charge in [0.2, 0.25) is 0 Å². The molecule has 4 fully saturated rings. The maximum atomic E-state index is 2.60. The molecule has 302 valence electrons. The summed E-state index contributed by atoms with van der Waals surface area (Å²) in [5.74, 6) is 2.72. The van der Waals surface area contributed by atoms with Gasteiger partial charge in [0.05, 0.1) is 11.4 Å². The molecule has 5 aliphatic rings. The molecule has 8 aromatic carbocycles. The fourth-order valence-corrected chi connectivity index (χ4v) is 13.0. The lowest BCUT2D eigenvalue weighted by Crippen LogP contribution is -2.48. The predicted octanol–water partition coefficient (Wildman–Crippen LogP) is 16.6. The van der Waals surface area contributed by atoms with Crippen LogP contribution in [0.2, 0.25) is 0 Å². The van der Waals surface area contributed by atoms with Gasteiger partial charge in [-0.15, -0.1) is 0 Å². The topological polar surface area (TPSA) is 3.24 Å². The molecule has 0 heterocycles. The second-order valence-corrected chi connectivity index (χ2v) is 19.5. The average Bonchev–Trinajstić information content (AvgIpc) is 3.54. The first-order valence-corrected chi connectivity index (χ1v) is 23.0. The zero-order chi connectivity index (χ0) is 41.4. The smallest absolute Gasteiger partial charge is 0.0543 e. The third-order valence-corrected chi connectivity index (χ3v) is 15.5. The zero-order valence-electron chi connectivity index (χ0n) is 35.9. The predicted molar refractivity (Wildman–Crippen MR) is 260 cm³/mol. The van der Waals surface area contributed by atoms with E-state index in [1.54, 1.807) is 5.56 Å². The SMILES string of the molecule is CC1(C)c2ccccc2-c2cc(-c3ccccc3)c(N(c3ccc(C45CC6CC(CC(C6)C4)C5)cc3)c3ccccc3-c3ccccc3-c3ccccc3-c3ccccc3)cc21. The number of para-hydroxylation sites is 1. The van der Waals surface area contributed by atoms with Gasteiger partial charge in [0.1, 0.15) is 0 Å². The van der Waals surface area contributed by atoms with Crippen LogP contribution in [0.3, 0.4) is 0 Å². The van der Waals surface area contributed by atoms with E-state index in [-0.39, 0.29) is 5.41 Å². The van der Waals surface area contributed by atoms with Crippen LogP contribution in [-0.2, 0) is 10.8 Å². The van der Waals surface area contributed by atoms with Crippen molar-refractivity contribution in [3.8, 4) is 55.6 Å². The molecule has 4 saturated carbocycles. The maximum Gasteiger partial charge on any atom is 0.0543 e. The van der Waals surface area contributed by atoms with E-state index < -0.39 is 0 Å². The third-order valence-electron chi connectivity index (χ3n) is 15.5. The molecule has 0 N–H and O–H groups in total. The van der Waals surface area contributed by atoms with Crippen molar-refractivity contribution in [3.63, 3.8) is 0 Å². The van der Waals surface area contributed by atoms with Gasteiger partial charge in [-0.1, -0.05) is 178 Å². The van der Waals surface area contributed by atoms with E-state index in [1.165, 1.54) is 122 Å². The van der Waals surface area contributed by atoms with Crippen molar-refractivity contribution in [2.24, 2.45) is 17.8 Å². The number of hydrogen-bond acceptors (Lipinski definition) is 1. The highest BCUT2D eigenvalue weighted by Crippen LogP contribution is 2.61. The highest BCUT2D eigenvalue weighted by Gasteiger charge is 2.51. The molecule has 4 bridgehead atoms. The zero-order valence-corrected chi connectivity index (χ0v) is 35.9. The standard InChI is InChI=1S/C61H53N/c1-60(2)56-27-15-13-25-52(56)55-36-54(45-19-7-4-8-20-45)59(37-57(55)60)62(47-31-29-46(30-32-47)61-38-41-33-42(39-61)35-43(34-41)40-61)58-28-16-14-26-53(58)51-24-12-11-23-50(51)49-22-10-9-21-48(49)44-17-5-3-6-18-44/h3-32,36-37,41-43H,33-35,38-40H2,1-2H3. The van der Waals surface area contributed by atoms with Crippen LogP contribution in [-0.4, -0.2) is 0 Å². The van der Waals surface area contributed by atoms with Crippen LogP contribution < -0.4 is 4.90 Å². The van der Waals surface area contributed by atoms with Crippen molar-refractivity contribution in [2.45, 2.75) is 63.2 Å². The molecular formula is C61H53N. The minimum absolute atomic E-state index is 0.156. The van der Waals surface area contributed by atoms with E-state index >= 15 is 0 Å². The molecule has 0 atom stereocenters. The summed E-state index contributed by atoms with van der Waals surface area (Å²) in [6.45, 7) is 4.81. The molecule has 0 amide bonds. The summed E-state index contributed by atoms with van der Waals surface area (Å²) in [7, 11) is 0. The van der Waals surface area contributed by atoms with Crippen molar-refractivity contribution in [1.29, 1.82) is 0 Å². The molecular weight excluding hydrogens is 747 g/mol. The van der Waals surface area contributed by atoms with Crippen molar-refractivity contribution >= 4 is 17.1 Å². The minimum Gasteiger partial charge on any atom is -0.309 e. The summed E-state index contributed by atoms with van der Waals surface area (Å²) in [5, 5.41) is 0. The Morgan fingerprint density at radius 3 is 1.45 bits per heavy atom. The Morgan fingerprint density at radius 2 is 0.839 bits per heavy atom. The highest BCUT2D eigenvalue weighted by atomic mass is 15.1. The van der Waals surface area contributed by atoms with Crippen molar-refractivity contribution < 1.29 is 0 Å². The number of fused-ring (bicyclic) bond motifs is 3. The van der Waals surface area contributed by atoms with E-state index in [2.05, 4.69) is 213 Å². The van der Waals surface area contributed by atoms with Gasteiger partial charge in [0.15, 0.2) is 0 Å². The molecule has 0 saturated heterocycles. The molecule has 0 radical (unpaired) electrons. The summed E-state index contributed by atoms with van der Waals surface area (Å²) in [4.78, 5) is 2.60. The Labute approximate surface area is 367 Å². The van der Waals surface area contributed by atoms with Crippen LogP contribution >= 0.6 is 0 Å². The molecule has 0 spiro atoms. The van der Waals surface area contributed by atoms with Crippen LogP contribution in [0.4, 0.5) is 17.1 Å². The summed E-state index contributed by atoms with van der Waals surface area (Å²) in [5.41, 5.74) is 20.6. The summed E-state index contributed by atoms with van der Waals surface area (Å²) >= 11 is 0. The first-order valence-electron chi connectivity index (χ1n) is 23.0. The number of rotatable bonds is 8. The van der Waals surface area contributed by atoms with Crippen LogP contribution in [0.25, 0.3) is 55.6 Å². The van der Waals surface area contributed by atoms with E-state index in [0.29, 0.717) is 5.41 Å². The lowest BCUT2D eigenvalue weighted by molar-refractivity contribution is -0.00518. The Kier molecular flexibility index (Phi) is 8.79. The number of hydrogen-bond donors (Lipinski definition) is 0. The normalized spacial score (nSPS) is 21.4. The van der Waals surface area contributed by atoms with E-state index in [9.17, 15) is 0 Å². The van der Waals surface area contributed by atoms with Gasteiger partial charge in [-0.05, 0) is 153 Å². The Bertz CT molecular complexity index is 2920. The second-order valence-electron chi connectivity index (χ2n) is 19.5. The van der Waals surface area contributed by atoms with Gasteiger partial charge in [0.25, 0.3) is 0 Å². The first-order chi connectivity index (χ1) is 30.4. The maximum absolute atomic E-state index is 2.60. The van der Waals surface area contributed by atoms with Crippen molar-refractivity contribution in [2.75, 3.05) is 4.90 Å². The average molecular weight is 800 g/mol. The minimum atomic E-state index is -0.156. The summed E-state index contributed by atoms with van der Waals surface area (Å²) in [6, 6.07) is 73.0. The Morgan fingerprint density at radius 1 is 0.371 bits per heavy atom. The second kappa shape index (κ2) is 14.6. The monoisotopic (exact) mass is 799 g/mol. The van der Waals surface area contributed by atoms with E-state index in [0.717, 1.165) is 17.8 Å². The fraction of sp³-hybridized carbons (Fsp3) is 0.213. The number of nitrogens with zero attached hydrogens (tertiary/aromatic N) is 1. The largest absolute Gasteiger partial charge is 0.309 e. The van der Waals surface area contributed by atoms with Gasteiger partial charge in [-0.3, -0.25) is 0 Å². The lowest BCUT2D eigenvalue weighted by Gasteiger charge is -2.57. The van der Waals surface area contributed by atoms with Crippen LogP contribution in [0, 0.1) is 17.8 Å². The molecule has 0 aromatic heterocycles. The first kappa shape index (κ1) is 37.3. The highest BCUT2D eigenvalue weighted by molar-refractivity contribution is 6.00. The molecule has 1 heteroatoms. The lowest BCUT2D eigenvalue weighted by atomic mass is 9.48. The molecule has 5 aliphatic carbocycles. The summed E-state index contributed by atoms with van der Waals surface area (Å²) < 4.78 is 0. The third kappa shape index (κ3) is 6.04. The fourth-order valence-electron chi connectivity index (χ4n) is 13.0. The molecule has 13 rings (SSSR count). The summed E-state index contributed by atoms with van der Waals surface area (Å²) in [6.07, 6.45) is 8.47. The number of anilines is 3. The van der Waals surface area contributed by atoms with Crippen LogP contribution in [0.1, 0.15) is 69.1 Å². The Balaban J connectivity index is 1.09. The van der Waals surface area contributed by atoms with Gasteiger partial charge in [0, 0.05) is 22.2 Å². The molecule has 0 aliphatic heterocycles. The molecule has 62 heavy (non-hydrogen) atoms. The molecule has 1 nitrogen and oxygen atoms in total. The Hall–Kier alpha value is -6.44. The van der Waals surface area contributed by atoms with Crippen LogP contribution in [0.15, 0.2) is 194 Å². The van der Waals surface area contributed by atoms with E-state index in [4.69, 9.17) is 0 Å².